The summed E-state index contributed by atoms with van der Waals surface area (Å²) in [5.41, 5.74) is 1.65. The largest absolute Gasteiger partial charge is 0.497 e. The lowest BCUT2D eigenvalue weighted by Gasteiger charge is -2.38. The highest BCUT2D eigenvalue weighted by atomic mass is 32.2. The predicted molar refractivity (Wildman–Crippen MR) is 136 cm³/mol. The number of aliphatic hydroxyl groups is 1. The predicted octanol–water partition coefficient (Wildman–Crippen LogP) is 4.05. The second kappa shape index (κ2) is 12.3. The summed E-state index contributed by atoms with van der Waals surface area (Å²) in [6.45, 7) is 2.59. The standard InChI is InChI=1S/C26H32N4O4S/c1-34-20-3-4-23-22(15-20)21(6-8-28-23)24(31)5-2-18-7-11-30(17-19(18)14-26(32)33)12-13-35-25-16-27-9-10-29-25/h3-4,6,8-10,15-16,18-19,24,31H,2,5,7,11-14,17H2,1H3,(H,32,33)/t18-,19+,24+/m1/s1. The zero-order valence-corrected chi connectivity index (χ0v) is 20.7. The van der Waals surface area contributed by atoms with Gasteiger partial charge in [0.25, 0.3) is 0 Å². The number of aliphatic carboxylic acids is 1. The molecule has 0 radical (unpaired) electrons. The van der Waals surface area contributed by atoms with E-state index in [9.17, 15) is 15.0 Å². The normalized spacial score (nSPS) is 19.5. The molecule has 1 saturated heterocycles. The van der Waals surface area contributed by atoms with Gasteiger partial charge >= 0.3 is 5.97 Å². The van der Waals surface area contributed by atoms with E-state index < -0.39 is 12.1 Å². The second-order valence-electron chi connectivity index (χ2n) is 8.98. The fourth-order valence-electron chi connectivity index (χ4n) is 4.93. The average Bonchev–Trinajstić information content (AvgIpc) is 2.87. The number of pyridine rings is 1. The van der Waals surface area contributed by atoms with Crippen LogP contribution in [0, 0.1) is 11.8 Å². The van der Waals surface area contributed by atoms with Gasteiger partial charge in [-0.05, 0) is 67.5 Å². The van der Waals surface area contributed by atoms with Crippen molar-refractivity contribution in [1.29, 1.82) is 0 Å². The number of likely N-dealkylation sites (tertiary alicyclic amines) is 1. The molecule has 9 heteroatoms. The summed E-state index contributed by atoms with van der Waals surface area (Å²) in [4.78, 5) is 26.7. The molecule has 0 spiro atoms. The summed E-state index contributed by atoms with van der Waals surface area (Å²) >= 11 is 1.67. The Bertz CT molecular complexity index is 1120. The molecule has 3 heterocycles. The van der Waals surface area contributed by atoms with Gasteiger partial charge in [0.15, 0.2) is 0 Å². The third-order valence-corrected chi connectivity index (χ3v) is 7.65. The highest BCUT2D eigenvalue weighted by Gasteiger charge is 2.31. The van der Waals surface area contributed by atoms with Crippen molar-refractivity contribution in [3.8, 4) is 5.75 Å². The van der Waals surface area contributed by atoms with Gasteiger partial charge in [0, 0.05) is 49.2 Å². The van der Waals surface area contributed by atoms with E-state index in [1.54, 1.807) is 43.7 Å². The molecule has 35 heavy (non-hydrogen) atoms. The number of carbonyl (C=O) groups is 1. The number of nitrogens with zero attached hydrogens (tertiary/aromatic N) is 4. The molecule has 4 rings (SSSR count). The number of methoxy groups -OCH3 is 1. The van der Waals surface area contributed by atoms with Crippen molar-refractivity contribution in [1.82, 2.24) is 19.9 Å². The van der Waals surface area contributed by atoms with E-state index in [2.05, 4.69) is 19.9 Å². The minimum Gasteiger partial charge on any atom is -0.497 e. The molecule has 3 atom stereocenters. The number of aliphatic hydroxyl groups excluding tert-OH is 1. The monoisotopic (exact) mass is 496 g/mol. The third kappa shape index (κ3) is 6.90. The van der Waals surface area contributed by atoms with E-state index in [0.29, 0.717) is 6.42 Å². The molecular weight excluding hydrogens is 464 g/mol. The zero-order valence-electron chi connectivity index (χ0n) is 19.9. The maximum atomic E-state index is 11.6. The Morgan fingerprint density at radius 1 is 1.23 bits per heavy atom. The molecule has 1 aliphatic heterocycles. The fourth-order valence-corrected chi connectivity index (χ4v) is 5.76. The first-order valence-corrected chi connectivity index (χ1v) is 13.0. The Hall–Kier alpha value is -2.75. The Labute approximate surface area is 209 Å². The van der Waals surface area contributed by atoms with Crippen LogP contribution in [0.4, 0.5) is 0 Å². The van der Waals surface area contributed by atoms with Crippen molar-refractivity contribution >= 4 is 28.6 Å². The van der Waals surface area contributed by atoms with Gasteiger partial charge in [0.1, 0.15) is 10.8 Å². The van der Waals surface area contributed by atoms with Gasteiger partial charge < -0.3 is 19.8 Å². The van der Waals surface area contributed by atoms with E-state index in [-0.39, 0.29) is 18.3 Å². The Morgan fingerprint density at radius 2 is 2.11 bits per heavy atom. The molecule has 0 amide bonds. The highest BCUT2D eigenvalue weighted by Crippen LogP contribution is 2.35. The number of fused-ring (bicyclic) bond motifs is 1. The Morgan fingerprint density at radius 3 is 2.89 bits per heavy atom. The number of carboxylic acids is 1. The van der Waals surface area contributed by atoms with Crippen LogP contribution in [0.5, 0.6) is 5.75 Å². The van der Waals surface area contributed by atoms with Crippen LogP contribution >= 0.6 is 11.8 Å². The van der Waals surface area contributed by atoms with Crippen molar-refractivity contribution in [3.05, 3.63) is 54.6 Å². The number of ether oxygens (including phenoxy) is 1. The van der Waals surface area contributed by atoms with Crippen molar-refractivity contribution in [2.75, 3.05) is 32.5 Å². The van der Waals surface area contributed by atoms with E-state index in [0.717, 1.165) is 65.5 Å². The highest BCUT2D eigenvalue weighted by molar-refractivity contribution is 7.99. The van der Waals surface area contributed by atoms with E-state index in [1.165, 1.54) is 0 Å². The lowest BCUT2D eigenvalue weighted by atomic mass is 9.79. The number of rotatable bonds is 11. The average molecular weight is 497 g/mol. The van der Waals surface area contributed by atoms with Gasteiger partial charge in [0.2, 0.25) is 0 Å². The molecule has 0 unspecified atom stereocenters. The van der Waals surface area contributed by atoms with Crippen molar-refractivity contribution in [2.24, 2.45) is 11.8 Å². The number of piperidine rings is 1. The SMILES string of the molecule is COc1ccc2nccc([C@@H](O)CC[C@@H]3CCN(CCSc4cnccn4)C[C@@H]3CC(=O)O)c2c1. The van der Waals surface area contributed by atoms with Crippen molar-refractivity contribution < 1.29 is 19.7 Å². The van der Waals surface area contributed by atoms with E-state index in [4.69, 9.17) is 4.74 Å². The Balaban J connectivity index is 1.35. The van der Waals surface area contributed by atoms with Crippen LogP contribution in [-0.4, -0.2) is 68.5 Å². The molecule has 2 aromatic heterocycles. The maximum Gasteiger partial charge on any atom is 0.303 e. The van der Waals surface area contributed by atoms with Gasteiger partial charge in [-0.15, -0.1) is 11.8 Å². The minimum atomic E-state index is -0.761. The first-order valence-electron chi connectivity index (χ1n) is 12.0. The lowest BCUT2D eigenvalue weighted by molar-refractivity contribution is -0.139. The molecule has 8 nitrogen and oxygen atoms in total. The van der Waals surface area contributed by atoms with Crippen LogP contribution in [-0.2, 0) is 4.79 Å². The molecule has 0 aliphatic carbocycles. The molecular formula is C26H32N4O4S. The third-order valence-electron chi connectivity index (χ3n) is 6.76. The van der Waals surface area contributed by atoms with E-state index >= 15 is 0 Å². The summed E-state index contributed by atoms with van der Waals surface area (Å²) in [7, 11) is 1.62. The van der Waals surface area contributed by atoms with Crippen molar-refractivity contribution in [2.45, 2.75) is 36.8 Å². The molecule has 0 saturated carbocycles. The molecule has 2 N–H and O–H groups in total. The lowest BCUT2D eigenvalue weighted by Crippen LogP contribution is -2.42. The molecule has 3 aromatic rings. The van der Waals surface area contributed by atoms with Gasteiger partial charge in [0.05, 0.1) is 24.9 Å². The molecule has 1 aromatic carbocycles. The first kappa shape index (κ1) is 25.3. The number of aromatic nitrogens is 3. The van der Waals surface area contributed by atoms with Crippen LogP contribution < -0.4 is 4.74 Å². The van der Waals surface area contributed by atoms with Crippen molar-refractivity contribution in [3.63, 3.8) is 0 Å². The number of hydrogen-bond acceptors (Lipinski definition) is 8. The summed E-state index contributed by atoms with van der Waals surface area (Å²) in [6, 6.07) is 7.53. The fraction of sp³-hybridized carbons (Fsp3) is 0.462. The smallest absolute Gasteiger partial charge is 0.303 e. The molecule has 186 valence electrons. The molecule has 1 aliphatic rings. The van der Waals surface area contributed by atoms with Gasteiger partial charge in [-0.1, -0.05) is 0 Å². The summed E-state index contributed by atoms with van der Waals surface area (Å²) < 4.78 is 5.35. The van der Waals surface area contributed by atoms with E-state index in [1.807, 2.05) is 24.3 Å². The maximum absolute atomic E-state index is 11.6. The molecule has 1 fully saturated rings. The van der Waals surface area contributed by atoms with Crippen LogP contribution in [0.1, 0.15) is 37.4 Å². The van der Waals surface area contributed by atoms with Gasteiger partial charge in [-0.25, -0.2) is 4.98 Å². The minimum absolute atomic E-state index is 0.0734. The second-order valence-corrected chi connectivity index (χ2v) is 10.1. The van der Waals surface area contributed by atoms with Gasteiger partial charge in [-0.2, -0.15) is 0 Å². The van der Waals surface area contributed by atoms with Crippen LogP contribution in [0.2, 0.25) is 0 Å². The number of hydrogen-bond donors (Lipinski definition) is 2. The number of benzene rings is 1. The first-order chi connectivity index (χ1) is 17.0. The number of carboxylic acid groups (broad SMARTS) is 1. The summed E-state index contributed by atoms with van der Waals surface area (Å²) in [5.74, 6) is 1.20. The van der Waals surface area contributed by atoms with Gasteiger partial charge in [-0.3, -0.25) is 14.8 Å². The van der Waals surface area contributed by atoms with Crippen LogP contribution in [0.15, 0.2) is 54.1 Å². The topological polar surface area (TPSA) is 109 Å². The van der Waals surface area contributed by atoms with Crippen LogP contribution in [0.25, 0.3) is 10.9 Å². The Kier molecular flexibility index (Phi) is 8.90. The summed E-state index contributed by atoms with van der Waals surface area (Å²) in [5, 5.41) is 22.3. The number of thioether (sulfide) groups is 1. The van der Waals surface area contributed by atoms with Crippen LogP contribution in [0.3, 0.4) is 0 Å². The quantitative estimate of drug-likeness (QED) is 0.380. The summed E-state index contributed by atoms with van der Waals surface area (Å²) in [6.07, 6.45) is 8.66. The zero-order chi connectivity index (χ0) is 24.6. The molecule has 0 bridgehead atoms.